The minimum absolute atomic E-state index is 0.289. The number of benzene rings is 1. The van der Waals surface area contributed by atoms with E-state index in [1.54, 1.807) is 6.07 Å². The quantitative estimate of drug-likeness (QED) is 0.606. The molecular weight excluding hydrogens is 229 g/mol. The van der Waals surface area contributed by atoms with E-state index in [1.807, 2.05) is 0 Å². The first-order valence-corrected chi connectivity index (χ1v) is 6.71. The summed E-state index contributed by atoms with van der Waals surface area (Å²) in [6, 6.07) is 4.91. The molecule has 0 aliphatic heterocycles. The summed E-state index contributed by atoms with van der Waals surface area (Å²) in [5, 5.41) is 12.5. The molecule has 2 nitrogen and oxygen atoms in total. The molecule has 0 spiro atoms. The number of hydrogen-bond donors (Lipinski definition) is 2. The second-order valence-electron chi connectivity index (χ2n) is 6.10. The molecule has 3 heteroatoms. The molecule has 1 aliphatic rings. The topological polar surface area (TPSA) is 32.3 Å². The van der Waals surface area contributed by atoms with Crippen LogP contribution >= 0.6 is 0 Å². The normalized spacial score (nSPS) is 23.4. The predicted octanol–water partition coefficient (Wildman–Crippen LogP) is 4.30. The van der Waals surface area contributed by atoms with Crippen LogP contribution < -0.4 is 5.32 Å². The number of hydrogen-bond acceptors (Lipinski definition) is 2. The van der Waals surface area contributed by atoms with Crippen molar-refractivity contribution < 1.29 is 9.50 Å². The van der Waals surface area contributed by atoms with Crippen molar-refractivity contribution in [3.8, 4) is 5.75 Å². The van der Waals surface area contributed by atoms with Crippen LogP contribution in [-0.2, 0) is 0 Å². The van der Waals surface area contributed by atoms with Gasteiger partial charge in [0.2, 0.25) is 0 Å². The standard InChI is InChI=1S/C15H22FNO/c1-15(2)8-3-4-11(7-9-15)17-12-5-6-14(18)13(16)10-12/h5-6,10-11,17-18H,3-4,7-9H2,1-2H3. The van der Waals surface area contributed by atoms with E-state index in [2.05, 4.69) is 19.2 Å². The lowest BCUT2D eigenvalue weighted by molar-refractivity contribution is 0.313. The maximum absolute atomic E-state index is 13.2. The largest absolute Gasteiger partial charge is 0.505 e. The summed E-state index contributed by atoms with van der Waals surface area (Å²) >= 11 is 0. The predicted molar refractivity (Wildman–Crippen MR) is 72.3 cm³/mol. The minimum Gasteiger partial charge on any atom is -0.505 e. The van der Waals surface area contributed by atoms with E-state index in [-0.39, 0.29) is 5.75 Å². The Hall–Kier alpha value is -1.25. The van der Waals surface area contributed by atoms with E-state index < -0.39 is 5.82 Å². The number of rotatable bonds is 2. The Morgan fingerprint density at radius 1 is 1.28 bits per heavy atom. The van der Waals surface area contributed by atoms with Gasteiger partial charge in [0, 0.05) is 17.8 Å². The summed E-state index contributed by atoms with van der Waals surface area (Å²) in [6.07, 6.45) is 5.92. The fraction of sp³-hybridized carbons (Fsp3) is 0.600. The number of aromatic hydroxyl groups is 1. The Labute approximate surface area is 108 Å². The van der Waals surface area contributed by atoms with E-state index in [1.165, 1.54) is 31.4 Å². The molecule has 2 N–H and O–H groups in total. The summed E-state index contributed by atoms with van der Waals surface area (Å²) in [5.74, 6) is -0.850. The van der Waals surface area contributed by atoms with Crippen molar-refractivity contribution in [2.24, 2.45) is 5.41 Å². The molecule has 0 bridgehead atoms. The molecule has 100 valence electrons. The lowest BCUT2D eigenvalue weighted by Crippen LogP contribution is -2.19. The molecular formula is C15H22FNO. The van der Waals surface area contributed by atoms with Gasteiger partial charge in [0.05, 0.1) is 0 Å². The lowest BCUT2D eigenvalue weighted by atomic mass is 9.85. The highest BCUT2D eigenvalue weighted by molar-refractivity contribution is 5.47. The van der Waals surface area contributed by atoms with E-state index in [9.17, 15) is 4.39 Å². The Morgan fingerprint density at radius 3 is 2.78 bits per heavy atom. The molecule has 0 radical (unpaired) electrons. The molecule has 1 aliphatic carbocycles. The van der Waals surface area contributed by atoms with Gasteiger partial charge in [-0.15, -0.1) is 0 Å². The Morgan fingerprint density at radius 2 is 2.06 bits per heavy atom. The first-order chi connectivity index (χ1) is 8.46. The van der Waals surface area contributed by atoms with Gasteiger partial charge in [-0.1, -0.05) is 20.3 Å². The van der Waals surface area contributed by atoms with Gasteiger partial charge in [-0.3, -0.25) is 0 Å². The van der Waals surface area contributed by atoms with E-state index in [0.29, 0.717) is 11.5 Å². The molecule has 1 aromatic carbocycles. The average molecular weight is 251 g/mol. The van der Waals surface area contributed by atoms with Crippen LogP contribution in [0.25, 0.3) is 0 Å². The monoisotopic (exact) mass is 251 g/mol. The highest BCUT2D eigenvalue weighted by Crippen LogP contribution is 2.34. The molecule has 18 heavy (non-hydrogen) atoms. The number of phenolic OH excluding ortho intramolecular Hbond substituents is 1. The highest BCUT2D eigenvalue weighted by Gasteiger charge is 2.24. The van der Waals surface area contributed by atoms with Gasteiger partial charge in [-0.05, 0) is 43.2 Å². The maximum atomic E-state index is 13.2. The van der Waals surface area contributed by atoms with Gasteiger partial charge in [0.25, 0.3) is 0 Å². The SMILES string of the molecule is CC1(C)CCCC(Nc2ccc(O)c(F)c2)CC1. The lowest BCUT2D eigenvalue weighted by Gasteiger charge is -2.22. The second-order valence-corrected chi connectivity index (χ2v) is 6.10. The third-order valence-corrected chi connectivity index (χ3v) is 3.89. The van der Waals surface area contributed by atoms with Gasteiger partial charge in [-0.2, -0.15) is 0 Å². The molecule has 0 saturated heterocycles. The fourth-order valence-corrected chi connectivity index (χ4v) is 2.64. The van der Waals surface area contributed by atoms with E-state index >= 15 is 0 Å². The molecule has 2 rings (SSSR count). The van der Waals surface area contributed by atoms with Crippen molar-refractivity contribution in [1.29, 1.82) is 0 Å². The number of anilines is 1. The van der Waals surface area contributed by atoms with Crippen molar-refractivity contribution in [3.05, 3.63) is 24.0 Å². The van der Waals surface area contributed by atoms with Gasteiger partial charge >= 0.3 is 0 Å². The van der Waals surface area contributed by atoms with Gasteiger partial charge < -0.3 is 10.4 Å². The molecule has 1 aromatic rings. The van der Waals surface area contributed by atoms with Crippen LogP contribution in [0, 0.1) is 11.2 Å². The van der Waals surface area contributed by atoms with Gasteiger partial charge in [0.1, 0.15) is 0 Å². The Balaban J connectivity index is 1.98. The zero-order valence-electron chi connectivity index (χ0n) is 11.2. The van der Waals surface area contributed by atoms with E-state index in [0.717, 1.165) is 18.5 Å². The van der Waals surface area contributed by atoms with Crippen molar-refractivity contribution in [2.45, 2.75) is 52.0 Å². The number of halogens is 1. The highest BCUT2D eigenvalue weighted by atomic mass is 19.1. The third kappa shape index (κ3) is 3.37. The van der Waals surface area contributed by atoms with Crippen molar-refractivity contribution >= 4 is 5.69 Å². The molecule has 1 atom stereocenters. The van der Waals surface area contributed by atoms with Crippen LogP contribution in [0.2, 0.25) is 0 Å². The van der Waals surface area contributed by atoms with Crippen molar-refractivity contribution in [1.82, 2.24) is 0 Å². The fourth-order valence-electron chi connectivity index (χ4n) is 2.64. The molecule has 1 saturated carbocycles. The second kappa shape index (κ2) is 5.17. The summed E-state index contributed by atoms with van der Waals surface area (Å²) < 4.78 is 13.2. The number of nitrogens with one attached hydrogen (secondary N) is 1. The Kier molecular flexibility index (Phi) is 3.79. The van der Waals surface area contributed by atoms with Crippen LogP contribution in [0.5, 0.6) is 5.75 Å². The van der Waals surface area contributed by atoms with Crippen LogP contribution in [0.1, 0.15) is 46.0 Å². The number of phenols is 1. The summed E-state index contributed by atoms with van der Waals surface area (Å²) in [6.45, 7) is 4.63. The van der Waals surface area contributed by atoms with E-state index in [4.69, 9.17) is 5.11 Å². The van der Waals surface area contributed by atoms with Crippen molar-refractivity contribution in [3.63, 3.8) is 0 Å². The zero-order chi connectivity index (χ0) is 13.2. The molecule has 1 unspecified atom stereocenters. The third-order valence-electron chi connectivity index (χ3n) is 3.89. The molecule has 0 heterocycles. The minimum atomic E-state index is -0.561. The van der Waals surface area contributed by atoms with Gasteiger partial charge in [-0.25, -0.2) is 4.39 Å². The Bertz CT molecular complexity index is 417. The first-order valence-electron chi connectivity index (χ1n) is 6.71. The first kappa shape index (κ1) is 13.2. The summed E-state index contributed by atoms with van der Waals surface area (Å²) in [7, 11) is 0. The summed E-state index contributed by atoms with van der Waals surface area (Å²) in [4.78, 5) is 0. The van der Waals surface area contributed by atoms with Crippen LogP contribution in [0.4, 0.5) is 10.1 Å². The molecule has 1 fully saturated rings. The molecule has 0 aromatic heterocycles. The van der Waals surface area contributed by atoms with Crippen LogP contribution in [0.15, 0.2) is 18.2 Å². The molecule has 0 amide bonds. The maximum Gasteiger partial charge on any atom is 0.166 e. The van der Waals surface area contributed by atoms with Crippen molar-refractivity contribution in [2.75, 3.05) is 5.32 Å². The summed E-state index contributed by atoms with van der Waals surface area (Å²) in [5.41, 5.74) is 1.19. The smallest absolute Gasteiger partial charge is 0.166 e. The average Bonchev–Trinajstić information content (AvgIpc) is 2.46. The van der Waals surface area contributed by atoms with Crippen LogP contribution in [-0.4, -0.2) is 11.1 Å². The van der Waals surface area contributed by atoms with Crippen LogP contribution in [0.3, 0.4) is 0 Å². The van der Waals surface area contributed by atoms with Gasteiger partial charge in [0.15, 0.2) is 11.6 Å². The zero-order valence-corrected chi connectivity index (χ0v) is 11.2.